The number of aromatic nitrogens is 4. The summed E-state index contributed by atoms with van der Waals surface area (Å²) in [6.45, 7) is 0. The van der Waals surface area contributed by atoms with E-state index in [2.05, 4.69) is 20.2 Å². The van der Waals surface area contributed by atoms with Gasteiger partial charge < -0.3 is 4.74 Å². The van der Waals surface area contributed by atoms with Crippen molar-refractivity contribution in [3.63, 3.8) is 0 Å². The molecular weight excluding hydrogens is 236 g/mol. The molecule has 84 valence electrons. The predicted octanol–water partition coefficient (Wildman–Crippen LogP) is 2.16. The van der Waals surface area contributed by atoms with Crippen molar-refractivity contribution in [3.8, 4) is 16.7 Å². The molecule has 17 heavy (non-hydrogen) atoms. The van der Waals surface area contributed by atoms with Crippen molar-refractivity contribution in [2.45, 2.75) is 0 Å². The molecule has 3 aromatic rings. The average Bonchev–Trinajstić information content (AvgIpc) is 2.82. The second-order valence-electron chi connectivity index (χ2n) is 3.32. The van der Waals surface area contributed by atoms with Gasteiger partial charge in [-0.15, -0.1) is 11.3 Å². The fourth-order valence-electron chi connectivity index (χ4n) is 1.46. The summed E-state index contributed by atoms with van der Waals surface area (Å²) in [7, 11) is 1.51. The number of fused-ring (bicyclic) bond motifs is 1. The van der Waals surface area contributed by atoms with Crippen LogP contribution in [0.3, 0.4) is 0 Å². The van der Waals surface area contributed by atoms with Gasteiger partial charge in [-0.3, -0.25) is 0 Å². The maximum Gasteiger partial charge on any atom is 0.336 e. The third-order valence-electron chi connectivity index (χ3n) is 2.23. The molecule has 0 N–H and O–H groups in total. The number of hydrogen-bond acceptors (Lipinski definition) is 6. The lowest BCUT2D eigenvalue weighted by Crippen LogP contribution is -1.95. The first kappa shape index (κ1) is 10.1. The van der Waals surface area contributed by atoms with Crippen LogP contribution in [0, 0.1) is 0 Å². The van der Waals surface area contributed by atoms with E-state index in [0.717, 1.165) is 15.2 Å². The summed E-state index contributed by atoms with van der Waals surface area (Å²) >= 11 is 1.57. The Morgan fingerprint density at radius 3 is 2.88 bits per heavy atom. The van der Waals surface area contributed by atoms with Gasteiger partial charge in [0.2, 0.25) is 0 Å². The van der Waals surface area contributed by atoms with E-state index in [4.69, 9.17) is 4.74 Å². The molecule has 0 aliphatic heterocycles. The Kier molecular flexibility index (Phi) is 2.41. The number of benzene rings is 1. The SMILES string of the molecule is COc1nncc(-c2nc3ccccc3s2)n1. The van der Waals surface area contributed by atoms with E-state index < -0.39 is 0 Å². The molecule has 0 atom stereocenters. The van der Waals surface area contributed by atoms with Gasteiger partial charge in [-0.05, 0) is 12.1 Å². The van der Waals surface area contributed by atoms with Gasteiger partial charge in [-0.25, -0.2) is 4.98 Å². The highest BCUT2D eigenvalue weighted by atomic mass is 32.1. The molecule has 0 aliphatic rings. The lowest BCUT2D eigenvalue weighted by molar-refractivity contribution is 0.374. The molecule has 0 spiro atoms. The molecule has 0 aliphatic carbocycles. The number of rotatable bonds is 2. The molecule has 5 nitrogen and oxygen atoms in total. The van der Waals surface area contributed by atoms with E-state index in [1.165, 1.54) is 7.11 Å². The van der Waals surface area contributed by atoms with Crippen LogP contribution in [0.4, 0.5) is 0 Å². The van der Waals surface area contributed by atoms with Gasteiger partial charge in [-0.1, -0.05) is 17.2 Å². The molecule has 6 heteroatoms. The largest absolute Gasteiger partial charge is 0.466 e. The van der Waals surface area contributed by atoms with Crippen LogP contribution in [-0.4, -0.2) is 27.3 Å². The van der Waals surface area contributed by atoms with E-state index in [1.807, 2.05) is 24.3 Å². The zero-order valence-corrected chi connectivity index (χ0v) is 9.81. The normalized spacial score (nSPS) is 10.6. The van der Waals surface area contributed by atoms with Crippen molar-refractivity contribution in [2.24, 2.45) is 0 Å². The second kappa shape index (κ2) is 4.06. The van der Waals surface area contributed by atoms with Crippen molar-refractivity contribution >= 4 is 21.6 Å². The van der Waals surface area contributed by atoms with E-state index in [1.54, 1.807) is 17.5 Å². The van der Waals surface area contributed by atoms with E-state index in [-0.39, 0.29) is 6.01 Å². The van der Waals surface area contributed by atoms with Crippen molar-refractivity contribution in [1.82, 2.24) is 20.2 Å². The van der Waals surface area contributed by atoms with Crippen molar-refractivity contribution < 1.29 is 4.74 Å². The number of nitrogens with zero attached hydrogens (tertiary/aromatic N) is 4. The highest BCUT2D eigenvalue weighted by molar-refractivity contribution is 7.21. The predicted molar refractivity (Wildman–Crippen MR) is 65.0 cm³/mol. The van der Waals surface area contributed by atoms with Crippen LogP contribution in [0.25, 0.3) is 20.9 Å². The summed E-state index contributed by atoms with van der Waals surface area (Å²) in [5.74, 6) is 0. The summed E-state index contributed by atoms with van der Waals surface area (Å²) in [4.78, 5) is 8.70. The van der Waals surface area contributed by atoms with Gasteiger partial charge in [0.1, 0.15) is 10.7 Å². The molecular formula is C11H8N4OS. The molecule has 0 radical (unpaired) electrons. The van der Waals surface area contributed by atoms with Gasteiger partial charge in [0, 0.05) is 0 Å². The first-order valence-electron chi connectivity index (χ1n) is 4.96. The quantitative estimate of drug-likeness (QED) is 0.691. The molecule has 1 aromatic carbocycles. The lowest BCUT2D eigenvalue weighted by Gasteiger charge is -1.96. The fourth-order valence-corrected chi connectivity index (χ4v) is 2.38. The summed E-state index contributed by atoms with van der Waals surface area (Å²) in [5.41, 5.74) is 1.64. The smallest absolute Gasteiger partial charge is 0.336 e. The number of methoxy groups -OCH3 is 1. The van der Waals surface area contributed by atoms with Crippen LogP contribution in [0.15, 0.2) is 30.5 Å². The Morgan fingerprint density at radius 2 is 2.06 bits per heavy atom. The molecule has 0 fully saturated rings. The Bertz CT molecular complexity index is 634. The minimum absolute atomic E-state index is 0.252. The van der Waals surface area contributed by atoms with Crippen molar-refractivity contribution in [2.75, 3.05) is 7.11 Å². The van der Waals surface area contributed by atoms with Gasteiger partial charge >= 0.3 is 6.01 Å². The monoisotopic (exact) mass is 244 g/mol. The van der Waals surface area contributed by atoms with Gasteiger partial charge in [0.15, 0.2) is 0 Å². The minimum Gasteiger partial charge on any atom is -0.466 e. The second-order valence-corrected chi connectivity index (χ2v) is 4.35. The van der Waals surface area contributed by atoms with E-state index in [9.17, 15) is 0 Å². The number of para-hydroxylation sites is 1. The first-order valence-corrected chi connectivity index (χ1v) is 5.78. The molecule has 0 amide bonds. The topological polar surface area (TPSA) is 60.8 Å². The number of ether oxygens (including phenoxy) is 1. The van der Waals surface area contributed by atoms with Crippen molar-refractivity contribution in [3.05, 3.63) is 30.5 Å². The average molecular weight is 244 g/mol. The Morgan fingerprint density at radius 1 is 1.18 bits per heavy atom. The molecule has 0 bridgehead atoms. The fraction of sp³-hybridized carbons (Fsp3) is 0.0909. The highest BCUT2D eigenvalue weighted by Gasteiger charge is 2.09. The Hall–Kier alpha value is -2.08. The zero-order chi connectivity index (χ0) is 11.7. The van der Waals surface area contributed by atoms with Crippen LogP contribution in [-0.2, 0) is 0 Å². The van der Waals surface area contributed by atoms with Crippen LogP contribution >= 0.6 is 11.3 Å². The zero-order valence-electron chi connectivity index (χ0n) is 8.99. The molecule has 0 unspecified atom stereocenters. The standard InChI is InChI=1S/C11H8N4OS/c1-16-11-14-8(6-12-15-11)10-13-7-4-2-3-5-9(7)17-10/h2-6H,1H3. The first-order chi connectivity index (χ1) is 8.36. The van der Waals surface area contributed by atoms with E-state index in [0.29, 0.717) is 5.69 Å². The maximum atomic E-state index is 4.94. The molecule has 0 saturated carbocycles. The molecule has 0 saturated heterocycles. The minimum atomic E-state index is 0.252. The third kappa shape index (κ3) is 1.83. The van der Waals surface area contributed by atoms with Crippen LogP contribution in [0.1, 0.15) is 0 Å². The summed E-state index contributed by atoms with van der Waals surface area (Å²) in [6.07, 6.45) is 1.58. The van der Waals surface area contributed by atoms with Gasteiger partial charge in [0.05, 0.1) is 23.5 Å². The van der Waals surface area contributed by atoms with Gasteiger partial charge in [-0.2, -0.15) is 10.1 Å². The Balaban J connectivity index is 2.13. The third-order valence-corrected chi connectivity index (χ3v) is 3.29. The van der Waals surface area contributed by atoms with Crippen LogP contribution in [0.5, 0.6) is 6.01 Å². The van der Waals surface area contributed by atoms with Crippen molar-refractivity contribution in [1.29, 1.82) is 0 Å². The van der Waals surface area contributed by atoms with Gasteiger partial charge in [0.25, 0.3) is 0 Å². The van der Waals surface area contributed by atoms with Crippen LogP contribution in [0.2, 0.25) is 0 Å². The summed E-state index contributed by atoms with van der Waals surface area (Å²) < 4.78 is 6.07. The molecule has 2 aromatic heterocycles. The lowest BCUT2D eigenvalue weighted by atomic mass is 10.3. The maximum absolute atomic E-state index is 4.94. The van der Waals surface area contributed by atoms with E-state index >= 15 is 0 Å². The summed E-state index contributed by atoms with van der Waals surface area (Å²) in [6, 6.07) is 8.21. The number of hydrogen-bond donors (Lipinski definition) is 0. The summed E-state index contributed by atoms with van der Waals surface area (Å²) in [5, 5.41) is 8.38. The Labute approximate surface area is 101 Å². The van der Waals surface area contributed by atoms with Crippen LogP contribution < -0.4 is 4.74 Å². The number of thiazole rings is 1. The molecule has 3 rings (SSSR count). The highest BCUT2D eigenvalue weighted by Crippen LogP contribution is 2.28. The molecule has 2 heterocycles.